The zero-order chi connectivity index (χ0) is 16.5. The standard InChI is InChI=1S/C17H27N3O2/c1-12(2)15(17(22)19-10-5-4-9-18)20-16(21)14-8-6-7-13(3)11-14/h6-8,11-12,15H,4-5,9-10,18H2,1-3H3,(H,19,22)(H,20,21). The quantitative estimate of drug-likeness (QED) is 0.638. The van der Waals surface area contributed by atoms with Crippen LogP contribution in [-0.4, -0.2) is 30.9 Å². The predicted octanol–water partition coefficient (Wildman–Crippen LogP) is 1.60. The molecule has 0 saturated carbocycles. The molecular formula is C17H27N3O2. The molecule has 0 aliphatic heterocycles. The molecule has 0 heterocycles. The Bertz CT molecular complexity index is 500. The number of carbonyl (C=O) groups is 2. The van der Waals surface area contributed by atoms with Gasteiger partial charge in [0.2, 0.25) is 5.91 Å². The van der Waals surface area contributed by atoms with E-state index >= 15 is 0 Å². The van der Waals surface area contributed by atoms with Crippen molar-refractivity contribution in [2.45, 2.75) is 39.7 Å². The van der Waals surface area contributed by atoms with Crippen LogP contribution in [0.2, 0.25) is 0 Å². The lowest BCUT2D eigenvalue weighted by molar-refractivity contribution is -0.123. The maximum atomic E-state index is 12.3. The summed E-state index contributed by atoms with van der Waals surface area (Å²) in [5, 5.41) is 5.68. The van der Waals surface area contributed by atoms with Gasteiger partial charge in [-0.3, -0.25) is 9.59 Å². The van der Waals surface area contributed by atoms with Crippen molar-refractivity contribution in [3.63, 3.8) is 0 Å². The summed E-state index contributed by atoms with van der Waals surface area (Å²) >= 11 is 0. The van der Waals surface area contributed by atoms with Crippen molar-refractivity contribution in [3.05, 3.63) is 35.4 Å². The third kappa shape index (κ3) is 5.85. The van der Waals surface area contributed by atoms with Crippen molar-refractivity contribution in [1.82, 2.24) is 10.6 Å². The summed E-state index contributed by atoms with van der Waals surface area (Å²) in [6, 6.07) is 6.79. The summed E-state index contributed by atoms with van der Waals surface area (Å²) in [6.07, 6.45) is 1.72. The highest BCUT2D eigenvalue weighted by Gasteiger charge is 2.24. The number of aryl methyl sites for hydroxylation is 1. The van der Waals surface area contributed by atoms with Gasteiger partial charge in [-0.2, -0.15) is 0 Å². The fraction of sp³-hybridized carbons (Fsp3) is 0.529. The van der Waals surface area contributed by atoms with Gasteiger partial charge in [0.25, 0.3) is 5.91 Å². The van der Waals surface area contributed by atoms with Crippen LogP contribution in [0.3, 0.4) is 0 Å². The normalized spacial score (nSPS) is 12.0. The molecule has 0 bridgehead atoms. The van der Waals surface area contributed by atoms with Crippen LogP contribution in [0.5, 0.6) is 0 Å². The molecule has 122 valence electrons. The number of amides is 2. The van der Waals surface area contributed by atoms with Crippen molar-refractivity contribution in [1.29, 1.82) is 0 Å². The molecule has 0 radical (unpaired) electrons. The average molecular weight is 305 g/mol. The van der Waals surface area contributed by atoms with Crippen molar-refractivity contribution < 1.29 is 9.59 Å². The third-order valence-electron chi connectivity index (χ3n) is 3.45. The molecule has 5 heteroatoms. The minimum Gasteiger partial charge on any atom is -0.354 e. The summed E-state index contributed by atoms with van der Waals surface area (Å²) in [7, 11) is 0. The van der Waals surface area contributed by atoms with E-state index in [9.17, 15) is 9.59 Å². The molecule has 1 aromatic carbocycles. The molecule has 0 saturated heterocycles. The van der Waals surface area contributed by atoms with Crippen LogP contribution in [-0.2, 0) is 4.79 Å². The Morgan fingerprint density at radius 2 is 1.95 bits per heavy atom. The lowest BCUT2D eigenvalue weighted by Crippen LogP contribution is -2.49. The second kappa shape index (κ2) is 9.20. The summed E-state index contributed by atoms with van der Waals surface area (Å²) in [4.78, 5) is 24.5. The predicted molar refractivity (Wildman–Crippen MR) is 88.6 cm³/mol. The van der Waals surface area contributed by atoms with Gasteiger partial charge in [-0.25, -0.2) is 0 Å². The molecule has 2 amide bonds. The van der Waals surface area contributed by atoms with Gasteiger partial charge in [-0.1, -0.05) is 31.5 Å². The van der Waals surface area contributed by atoms with Gasteiger partial charge in [0.15, 0.2) is 0 Å². The van der Waals surface area contributed by atoms with Crippen LogP contribution in [0.25, 0.3) is 0 Å². The Labute approximate surface area is 132 Å². The van der Waals surface area contributed by atoms with E-state index in [0.717, 1.165) is 18.4 Å². The molecule has 5 nitrogen and oxygen atoms in total. The third-order valence-corrected chi connectivity index (χ3v) is 3.45. The van der Waals surface area contributed by atoms with Crippen molar-refractivity contribution in [2.24, 2.45) is 11.7 Å². The van der Waals surface area contributed by atoms with Crippen LogP contribution in [0.4, 0.5) is 0 Å². The number of nitrogens with one attached hydrogen (secondary N) is 2. The van der Waals surface area contributed by atoms with Gasteiger partial charge in [0.05, 0.1) is 0 Å². The van der Waals surface area contributed by atoms with E-state index in [1.165, 1.54) is 0 Å². The molecule has 1 rings (SSSR count). The lowest BCUT2D eigenvalue weighted by Gasteiger charge is -2.22. The second-order valence-corrected chi connectivity index (χ2v) is 5.85. The van der Waals surface area contributed by atoms with Crippen LogP contribution in [0, 0.1) is 12.8 Å². The van der Waals surface area contributed by atoms with Gasteiger partial charge in [-0.15, -0.1) is 0 Å². The zero-order valence-corrected chi connectivity index (χ0v) is 13.7. The largest absolute Gasteiger partial charge is 0.354 e. The van der Waals surface area contributed by atoms with E-state index < -0.39 is 6.04 Å². The van der Waals surface area contributed by atoms with Crippen LogP contribution in [0.1, 0.15) is 42.6 Å². The maximum Gasteiger partial charge on any atom is 0.251 e. The number of hydrogen-bond acceptors (Lipinski definition) is 3. The fourth-order valence-corrected chi connectivity index (χ4v) is 2.14. The van der Waals surface area contributed by atoms with Gasteiger partial charge in [0.1, 0.15) is 6.04 Å². The van der Waals surface area contributed by atoms with Gasteiger partial charge in [0, 0.05) is 12.1 Å². The maximum absolute atomic E-state index is 12.3. The number of rotatable bonds is 8. The first kappa shape index (κ1) is 18.2. The van der Waals surface area contributed by atoms with Gasteiger partial charge < -0.3 is 16.4 Å². The molecule has 0 aromatic heterocycles. The first-order valence-electron chi connectivity index (χ1n) is 7.81. The van der Waals surface area contributed by atoms with Gasteiger partial charge in [-0.05, 0) is 44.4 Å². The number of unbranched alkanes of at least 4 members (excludes halogenated alkanes) is 1. The lowest BCUT2D eigenvalue weighted by atomic mass is 10.0. The number of nitrogens with two attached hydrogens (primary N) is 1. The van der Waals surface area contributed by atoms with Gasteiger partial charge >= 0.3 is 0 Å². The minimum absolute atomic E-state index is 0.0169. The smallest absolute Gasteiger partial charge is 0.251 e. The molecule has 0 aliphatic carbocycles. The highest BCUT2D eigenvalue weighted by molar-refractivity contribution is 5.97. The van der Waals surface area contributed by atoms with Crippen molar-refractivity contribution >= 4 is 11.8 Å². The minimum atomic E-state index is -0.536. The number of hydrogen-bond donors (Lipinski definition) is 3. The van der Waals surface area contributed by atoms with Crippen molar-refractivity contribution in [2.75, 3.05) is 13.1 Å². The number of benzene rings is 1. The number of carbonyl (C=O) groups excluding carboxylic acids is 2. The molecule has 0 fully saturated rings. The molecule has 0 aliphatic rings. The van der Waals surface area contributed by atoms with E-state index in [4.69, 9.17) is 5.73 Å². The molecule has 22 heavy (non-hydrogen) atoms. The highest BCUT2D eigenvalue weighted by atomic mass is 16.2. The SMILES string of the molecule is Cc1cccc(C(=O)NC(C(=O)NCCCCN)C(C)C)c1. The monoisotopic (exact) mass is 305 g/mol. The summed E-state index contributed by atoms with van der Waals surface area (Å²) in [5.74, 6) is -0.351. The molecule has 1 unspecified atom stereocenters. The van der Waals surface area contributed by atoms with Crippen LogP contribution >= 0.6 is 0 Å². The summed E-state index contributed by atoms with van der Waals surface area (Å²) < 4.78 is 0. The highest BCUT2D eigenvalue weighted by Crippen LogP contribution is 2.07. The second-order valence-electron chi connectivity index (χ2n) is 5.85. The zero-order valence-electron chi connectivity index (χ0n) is 13.7. The van der Waals surface area contributed by atoms with Crippen LogP contribution in [0.15, 0.2) is 24.3 Å². The Hall–Kier alpha value is -1.88. The molecule has 4 N–H and O–H groups in total. The molecule has 1 aromatic rings. The average Bonchev–Trinajstić information content (AvgIpc) is 2.48. The Morgan fingerprint density at radius 3 is 2.55 bits per heavy atom. The van der Waals surface area contributed by atoms with E-state index in [0.29, 0.717) is 18.7 Å². The van der Waals surface area contributed by atoms with E-state index in [1.54, 1.807) is 6.07 Å². The summed E-state index contributed by atoms with van der Waals surface area (Å²) in [5.41, 5.74) is 7.01. The molecular weight excluding hydrogens is 278 g/mol. The Balaban J connectivity index is 2.63. The Kier molecular flexibility index (Phi) is 7.60. The Morgan fingerprint density at radius 1 is 1.23 bits per heavy atom. The molecule has 0 spiro atoms. The van der Waals surface area contributed by atoms with Crippen molar-refractivity contribution in [3.8, 4) is 0 Å². The topological polar surface area (TPSA) is 84.2 Å². The molecule has 1 atom stereocenters. The summed E-state index contributed by atoms with van der Waals surface area (Å²) in [6.45, 7) is 6.97. The first-order chi connectivity index (χ1) is 10.5. The van der Waals surface area contributed by atoms with E-state index in [-0.39, 0.29) is 17.7 Å². The van der Waals surface area contributed by atoms with E-state index in [1.807, 2.05) is 39.0 Å². The van der Waals surface area contributed by atoms with E-state index in [2.05, 4.69) is 10.6 Å². The fourth-order valence-electron chi connectivity index (χ4n) is 2.14. The van der Waals surface area contributed by atoms with Crippen LogP contribution < -0.4 is 16.4 Å². The first-order valence-corrected chi connectivity index (χ1v) is 7.81.